The van der Waals surface area contributed by atoms with Gasteiger partial charge in [0.1, 0.15) is 0 Å². The van der Waals surface area contributed by atoms with E-state index in [0.717, 1.165) is 35.2 Å². The number of thiazole rings is 1. The van der Waals surface area contributed by atoms with Gasteiger partial charge in [-0.1, -0.05) is 24.3 Å². The standard InChI is InChI=1S/C15H22N4OS/c1-5-11-7-6-8-17-12(11)9-16-10-13-14(20-4)18-15(21-13)19(2)3/h6-8,16H,5,9-10H2,1-4H3. The number of aromatic nitrogens is 2. The zero-order chi connectivity index (χ0) is 15.2. The number of hydrogen-bond acceptors (Lipinski definition) is 6. The van der Waals surface area contributed by atoms with Crippen molar-refractivity contribution in [2.24, 2.45) is 0 Å². The molecule has 0 atom stereocenters. The zero-order valence-corrected chi connectivity index (χ0v) is 13.8. The van der Waals surface area contributed by atoms with Crippen LogP contribution >= 0.6 is 11.3 Å². The molecule has 0 saturated heterocycles. The average molecular weight is 306 g/mol. The molecule has 0 bridgehead atoms. The van der Waals surface area contributed by atoms with Crippen molar-refractivity contribution in [2.75, 3.05) is 26.1 Å². The van der Waals surface area contributed by atoms with Crippen LogP contribution in [0.25, 0.3) is 0 Å². The minimum Gasteiger partial charge on any atom is -0.480 e. The van der Waals surface area contributed by atoms with E-state index in [1.807, 2.05) is 31.3 Å². The van der Waals surface area contributed by atoms with Crippen LogP contribution in [0.5, 0.6) is 5.88 Å². The highest BCUT2D eigenvalue weighted by Gasteiger charge is 2.13. The minimum atomic E-state index is 0.702. The molecule has 0 fully saturated rings. The fraction of sp³-hybridized carbons (Fsp3) is 0.467. The van der Waals surface area contributed by atoms with Gasteiger partial charge in [-0.3, -0.25) is 4.98 Å². The van der Waals surface area contributed by atoms with Gasteiger partial charge in [-0.05, 0) is 18.1 Å². The van der Waals surface area contributed by atoms with E-state index in [9.17, 15) is 0 Å². The van der Waals surface area contributed by atoms with E-state index in [4.69, 9.17) is 4.74 Å². The van der Waals surface area contributed by atoms with Gasteiger partial charge in [0.2, 0.25) is 5.88 Å². The molecule has 1 N–H and O–H groups in total. The Kier molecular flexibility index (Phi) is 5.52. The lowest BCUT2D eigenvalue weighted by molar-refractivity contribution is 0.394. The van der Waals surface area contributed by atoms with E-state index in [-0.39, 0.29) is 0 Å². The molecule has 0 amide bonds. The van der Waals surface area contributed by atoms with Gasteiger partial charge in [0, 0.05) is 33.4 Å². The first kappa shape index (κ1) is 15.7. The molecule has 2 aromatic heterocycles. The molecule has 0 aliphatic carbocycles. The number of aryl methyl sites for hydroxylation is 1. The Morgan fingerprint density at radius 3 is 2.81 bits per heavy atom. The molecule has 0 radical (unpaired) electrons. The Balaban J connectivity index is 2.00. The molecule has 6 heteroatoms. The number of methoxy groups -OCH3 is 1. The van der Waals surface area contributed by atoms with Gasteiger partial charge in [0.25, 0.3) is 0 Å². The molecule has 5 nitrogen and oxygen atoms in total. The summed E-state index contributed by atoms with van der Waals surface area (Å²) < 4.78 is 5.34. The predicted molar refractivity (Wildman–Crippen MR) is 87.2 cm³/mol. The number of anilines is 1. The van der Waals surface area contributed by atoms with Crippen LogP contribution in [-0.2, 0) is 19.5 Å². The Morgan fingerprint density at radius 2 is 2.14 bits per heavy atom. The molecular weight excluding hydrogens is 284 g/mol. The first-order valence-electron chi connectivity index (χ1n) is 7.00. The molecule has 0 spiro atoms. The van der Waals surface area contributed by atoms with Gasteiger partial charge < -0.3 is 15.0 Å². The maximum absolute atomic E-state index is 5.34. The summed E-state index contributed by atoms with van der Waals surface area (Å²) in [5.74, 6) is 0.702. The third-order valence-corrected chi connectivity index (χ3v) is 4.37. The smallest absolute Gasteiger partial charge is 0.230 e. The van der Waals surface area contributed by atoms with Crippen molar-refractivity contribution in [3.05, 3.63) is 34.5 Å². The van der Waals surface area contributed by atoms with Crippen molar-refractivity contribution in [3.63, 3.8) is 0 Å². The maximum Gasteiger partial charge on any atom is 0.230 e. The highest BCUT2D eigenvalue weighted by molar-refractivity contribution is 7.15. The largest absolute Gasteiger partial charge is 0.480 e. The van der Waals surface area contributed by atoms with Gasteiger partial charge in [-0.15, -0.1) is 0 Å². The minimum absolute atomic E-state index is 0.702. The van der Waals surface area contributed by atoms with E-state index < -0.39 is 0 Å². The number of ether oxygens (including phenoxy) is 1. The highest BCUT2D eigenvalue weighted by Crippen LogP contribution is 2.30. The van der Waals surface area contributed by atoms with Crippen molar-refractivity contribution in [3.8, 4) is 5.88 Å². The van der Waals surface area contributed by atoms with E-state index in [1.165, 1.54) is 5.56 Å². The third kappa shape index (κ3) is 3.92. The van der Waals surface area contributed by atoms with Crippen LogP contribution in [0.15, 0.2) is 18.3 Å². The van der Waals surface area contributed by atoms with Crippen LogP contribution in [0.4, 0.5) is 5.13 Å². The lowest BCUT2D eigenvalue weighted by Gasteiger charge is -2.07. The van der Waals surface area contributed by atoms with Crippen molar-refractivity contribution in [2.45, 2.75) is 26.4 Å². The number of nitrogens with zero attached hydrogens (tertiary/aromatic N) is 3. The zero-order valence-electron chi connectivity index (χ0n) is 13.0. The Bertz CT molecular complexity index is 583. The second-order valence-electron chi connectivity index (χ2n) is 4.89. The predicted octanol–water partition coefficient (Wildman–Crippen LogP) is 2.46. The molecule has 2 aromatic rings. The number of rotatable bonds is 7. The highest BCUT2D eigenvalue weighted by atomic mass is 32.1. The quantitative estimate of drug-likeness (QED) is 0.851. The first-order chi connectivity index (χ1) is 10.2. The molecule has 0 aliphatic rings. The molecule has 114 valence electrons. The van der Waals surface area contributed by atoms with Gasteiger partial charge in [-0.25, -0.2) is 0 Å². The molecule has 0 unspecified atom stereocenters. The van der Waals surface area contributed by atoms with E-state index in [2.05, 4.69) is 28.3 Å². The number of nitrogens with one attached hydrogen (secondary N) is 1. The fourth-order valence-electron chi connectivity index (χ4n) is 2.04. The van der Waals surface area contributed by atoms with Crippen molar-refractivity contribution < 1.29 is 4.74 Å². The second-order valence-corrected chi connectivity index (χ2v) is 5.95. The van der Waals surface area contributed by atoms with Gasteiger partial charge in [0.15, 0.2) is 5.13 Å². The molecule has 0 saturated carbocycles. The van der Waals surface area contributed by atoms with Crippen LogP contribution in [0.2, 0.25) is 0 Å². The summed E-state index contributed by atoms with van der Waals surface area (Å²) in [6.07, 6.45) is 2.84. The number of pyridine rings is 1. The SMILES string of the molecule is CCc1cccnc1CNCc1sc(N(C)C)nc1OC. The van der Waals surface area contributed by atoms with Crippen LogP contribution in [0.1, 0.15) is 23.1 Å². The molecular formula is C15H22N4OS. The van der Waals surface area contributed by atoms with Gasteiger partial charge >= 0.3 is 0 Å². The van der Waals surface area contributed by atoms with Gasteiger partial charge in [-0.2, -0.15) is 4.98 Å². The van der Waals surface area contributed by atoms with Crippen molar-refractivity contribution >= 4 is 16.5 Å². The lowest BCUT2D eigenvalue weighted by Crippen LogP contribution is -2.14. The average Bonchev–Trinajstić information content (AvgIpc) is 2.91. The van der Waals surface area contributed by atoms with Crippen LogP contribution in [0.3, 0.4) is 0 Å². The Hall–Kier alpha value is -1.66. The van der Waals surface area contributed by atoms with Crippen LogP contribution < -0.4 is 15.0 Å². The van der Waals surface area contributed by atoms with Crippen LogP contribution in [0, 0.1) is 0 Å². The molecule has 2 rings (SSSR count). The van der Waals surface area contributed by atoms with E-state index in [1.54, 1.807) is 18.4 Å². The molecule has 2 heterocycles. The molecule has 0 aliphatic heterocycles. The summed E-state index contributed by atoms with van der Waals surface area (Å²) in [4.78, 5) is 12.0. The first-order valence-corrected chi connectivity index (χ1v) is 7.81. The fourth-order valence-corrected chi connectivity index (χ4v) is 2.96. The Labute approximate surface area is 130 Å². The lowest BCUT2D eigenvalue weighted by atomic mass is 10.1. The summed E-state index contributed by atoms with van der Waals surface area (Å²) in [5, 5.41) is 4.38. The third-order valence-electron chi connectivity index (χ3n) is 3.17. The molecule has 0 aromatic carbocycles. The summed E-state index contributed by atoms with van der Waals surface area (Å²) >= 11 is 1.64. The van der Waals surface area contributed by atoms with E-state index >= 15 is 0 Å². The topological polar surface area (TPSA) is 50.3 Å². The summed E-state index contributed by atoms with van der Waals surface area (Å²) in [6, 6.07) is 4.11. The Morgan fingerprint density at radius 1 is 1.33 bits per heavy atom. The summed E-state index contributed by atoms with van der Waals surface area (Å²) in [7, 11) is 5.62. The monoisotopic (exact) mass is 306 g/mol. The van der Waals surface area contributed by atoms with Gasteiger partial charge in [0.05, 0.1) is 17.7 Å². The second kappa shape index (κ2) is 7.38. The summed E-state index contributed by atoms with van der Waals surface area (Å²) in [6.45, 7) is 3.63. The van der Waals surface area contributed by atoms with E-state index in [0.29, 0.717) is 5.88 Å². The normalized spacial score (nSPS) is 10.7. The maximum atomic E-state index is 5.34. The molecule has 21 heavy (non-hydrogen) atoms. The van der Waals surface area contributed by atoms with Crippen molar-refractivity contribution in [1.29, 1.82) is 0 Å². The summed E-state index contributed by atoms with van der Waals surface area (Å²) in [5.41, 5.74) is 2.39. The van der Waals surface area contributed by atoms with Crippen molar-refractivity contribution in [1.82, 2.24) is 15.3 Å². The van der Waals surface area contributed by atoms with Crippen LogP contribution in [-0.4, -0.2) is 31.2 Å². The number of hydrogen-bond donors (Lipinski definition) is 1.